The van der Waals surface area contributed by atoms with Crippen LogP contribution in [0.4, 0.5) is 0 Å². The van der Waals surface area contributed by atoms with Gasteiger partial charge in [-0.1, -0.05) is 0 Å². The molecule has 0 aromatic heterocycles. The van der Waals surface area contributed by atoms with Crippen LogP contribution in [0, 0.1) is 5.41 Å². The fourth-order valence-electron chi connectivity index (χ4n) is 1.21. The summed E-state index contributed by atoms with van der Waals surface area (Å²) in [5.74, 6) is -0.252. The Balaban J connectivity index is 2.56. The van der Waals surface area contributed by atoms with E-state index in [0.717, 1.165) is 0 Å². The highest BCUT2D eigenvalue weighted by molar-refractivity contribution is 5.80. The highest BCUT2D eigenvalue weighted by atomic mass is 16.6. The van der Waals surface area contributed by atoms with Crippen molar-refractivity contribution >= 4 is 11.9 Å². The zero-order valence-electron chi connectivity index (χ0n) is 9.33. The van der Waals surface area contributed by atoms with Gasteiger partial charge in [0.25, 0.3) is 0 Å². The van der Waals surface area contributed by atoms with Crippen molar-refractivity contribution in [1.82, 2.24) is 0 Å². The lowest BCUT2D eigenvalue weighted by molar-refractivity contribution is -0.152. The largest absolute Gasteiger partial charge is 0.466 e. The molecule has 4 nitrogen and oxygen atoms in total. The van der Waals surface area contributed by atoms with E-state index in [4.69, 9.17) is 9.47 Å². The van der Waals surface area contributed by atoms with Gasteiger partial charge in [0.05, 0.1) is 12.0 Å². The molecule has 1 heterocycles. The molecule has 1 aliphatic heterocycles. The summed E-state index contributed by atoms with van der Waals surface area (Å²) in [4.78, 5) is 22.6. The zero-order valence-corrected chi connectivity index (χ0v) is 9.33. The standard InChI is InChI=1S/C11H16O4/c1-4-14-9(12)7-8-5-6-11(2,3)10(13)15-8/h5H,4,6-7H2,1-3H3. The minimum absolute atomic E-state index is 0.0374. The van der Waals surface area contributed by atoms with Crippen molar-refractivity contribution in [2.75, 3.05) is 6.61 Å². The molecule has 0 amide bonds. The Labute approximate surface area is 89.2 Å². The van der Waals surface area contributed by atoms with Crippen molar-refractivity contribution in [3.63, 3.8) is 0 Å². The van der Waals surface area contributed by atoms with Crippen molar-refractivity contribution in [3.8, 4) is 0 Å². The average molecular weight is 212 g/mol. The van der Waals surface area contributed by atoms with Gasteiger partial charge >= 0.3 is 11.9 Å². The first-order valence-electron chi connectivity index (χ1n) is 5.02. The highest BCUT2D eigenvalue weighted by Crippen LogP contribution is 2.30. The third-order valence-electron chi connectivity index (χ3n) is 2.24. The minimum Gasteiger partial charge on any atom is -0.466 e. The van der Waals surface area contributed by atoms with Crippen molar-refractivity contribution in [3.05, 3.63) is 11.8 Å². The Morgan fingerprint density at radius 1 is 1.60 bits per heavy atom. The van der Waals surface area contributed by atoms with Crippen LogP contribution in [0.25, 0.3) is 0 Å². The molecule has 0 N–H and O–H groups in total. The van der Waals surface area contributed by atoms with E-state index < -0.39 is 5.41 Å². The van der Waals surface area contributed by atoms with E-state index >= 15 is 0 Å². The normalized spacial score (nSPS) is 19.1. The van der Waals surface area contributed by atoms with Crippen molar-refractivity contribution in [2.24, 2.45) is 5.41 Å². The molecule has 0 bridgehead atoms. The first-order valence-corrected chi connectivity index (χ1v) is 5.02. The molecule has 15 heavy (non-hydrogen) atoms. The van der Waals surface area contributed by atoms with Crippen LogP contribution in [-0.4, -0.2) is 18.5 Å². The topological polar surface area (TPSA) is 52.6 Å². The molecule has 1 aliphatic rings. The second-order valence-corrected chi connectivity index (χ2v) is 4.13. The first-order chi connectivity index (χ1) is 6.95. The van der Waals surface area contributed by atoms with Gasteiger partial charge in [-0.2, -0.15) is 0 Å². The number of cyclic esters (lactones) is 1. The number of carbonyl (C=O) groups excluding carboxylic acids is 2. The van der Waals surface area contributed by atoms with Crippen LogP contribution in [0.5, 0.6) is 0 Å². The van der Waals surface area contributed by atoms with Crippen molar-refractivity contribution < 1.29 is 19.1 Å². The van der Waals surface area contributed by atoms with Crippen LogP contribution >= 0.6 is 0 Å². The number of rotatable bonds is 3. The van der Waals surface area contributed by atoms with Crippen LogP contribution < -0.4 is 0 Å². The van der Waals surface area contributed by atoms with Gasteiger partial charge in [0.1, 0.15) is 12.2 Å². The van der Waals surface area contributed by atoms with Gasteiger partial charge in [-0.05, 0) is 33.3 Å². The van der Waals surface area contributed by atoms with E-state index in [2.05, 4.69) is 0 Å². The van der Waals surface area contributed by atoms with Crippen molar-refractivity contribution in [2.45, 2.75) is 33.6 Å². The van der Waals surface area contributed by atoms with Gasteiger partial charge in [0.15, 0.2) is 0 Å². The molecule has 0 atom stereocenters. The predicted octanol–water partition coefficient (Wildman–Crippen LogP) is 1.80. The fourth-order valence-corrected chi connectivity index (χ4v) is 1.21. The molecule has 0 saturated carbocycles. The summed E-state index contributed by atoms with van der Waals surface area (Å²) in [6.07, 6.45) is 2.41. The molecule has 0 radical (unpaired) electrons. The molecule has 0 unspecified atom stereocenters. The zero-order chi connectivity index (χ0) is 11.5. The first kappa shape index (κ1) is 11.8. The molecular weight excluding hydrogens is 196 g/mol. The van der Waals surface area contributed by atoms with Crippen LogP contribution in [0.15, 0.2) is 11.8 Å². The van der Waals surface area contributed by atoms with Gasteiger partial charge in [-0.15, -0.1) is 0 Å². The smallest absolute Gasteiger partial charge is 0.316 e. The summed E-state index contributed by atoms with van der Waals surface area (Å²) in [6, 6.07) is 0. The Morgan fingerprint density at radius 2 is 2.27 bits per heavy atom. The maximum atomic E-state index is 11.5. The van der Waals surface area contributed by atoms with E-state index in [0.29, 0.717) is 18.8 Å². The SMILES string of the molecule is CCOC(=O)CC1=CCC(C)(C)C(=O)O1. The van der Waals surface area contributed by atoms with Gasteiger partial charge in [0, 0.05) is 0 Å². The minimum atomic E-state index is -0.488. The van der Waals surface area contributed by atoms with E-state index in [-0.39, 0.29) is 18.4 Å². The third kappa shape index (κ3) is 3.08. The summed E-state index contributed by atoms with van der Waals surface area (Å²) in [6.45, 7) is 5.70. The van der Waals surface area contributed by atoms with E-state index in [1.54, 1.807) is 13.0 Å². The van der Waals surface area contributed by atoms with Crippen LogP contribution in [-0.2, 0) is 19.1 Å². The molecule has 4 heteroatoms. The number of allylic oxidation sites excluding steroid dienone is 1. The summed E-state index contributed by atoms with van der Waals surface area (Å²) < 4.78 is 9.80. The average Bonchev–Trinajstić information content (AvgIpc) is 2.12. The second-order valence-electron chi connectivity index (χ2n) is 4.13. The van der Waals surface area contributed by atoms with E-state index in [1.807, 2.05) is 13.8 Å². The highest BCUT2D eigenvalue weighted by Gasteiger charge is 2.33. The molecule has 1 rings (SSSR count). The van der Waals surface area contributed by atoms with E-state index in [1.165, 1.54) is 0 Å². The number of carbonyl (C=O) groups is 2. The predicted molar refractivity (Wildman–Crippen MR) is 53.8 cm³/mol. The lowest BCUT2D eigenvalue weighted by Gasteiger charge is -2.26. The quantitative estimate of drug-likeness (QED) is 0.669. The molecular formula is C11H16O4. The lowest BCUT2D eigenvalue weighted by Crippen LogP contribution is -2.29. The lowest BCUT2D eigenvalue weighted by atomic mass is 9.87. The molecule has 0 aromatic rings. The molecule has 0 fully saturated rings. The van der Waals surface area contributed by atoms with Crippen LogP contribution in [0.3, 0.4) is 0 Å². The summed E-state index contributed by atoms with van der Waals surface area (Å²) in [5, 5.41) is 0. The van der Waals surface area contributed by atoms with Gasteiger partial charge in [-0.25, -0.2) is 0 Å². The Bertz CT molecular complexity index is 302. The van der Waals surface area contributed by atoms with Crippen LogP contribution in [0.1, 0.15) is 33.6 Å². The number of ether oxygens (including phenoxy) is 2. The maximum absolute atomic E-state index is 11.5. The second kappa shape index (κ2) is 4.47. The Kier molecular flexibility index (Phi) is 3.50. The molecule has 84 valence electrons. The fraction of sp³-hybridized carbons (Fsp3) is 0.636. The molecule has 0 aromatic carbocycles. The van der Waals surface area contributed by atoms with Gasteiger partial charge < -0.3 is 9.47 Å². The Hall–Kier alpha value is -1.32. The maximum Gasteiger partial charge on any atom is 0.316 e. The Morgan fingerprint density at radius 3 is 2.80 bits per heavy atom. The number of hydrogen-bond donors (Lipinski definition) is 0. The van der Waals surface area contributed by atoms with Gasteiger partial charge in [0.2, 0.25) is 0 Å². The van der Waals surface area contributed by atoms with E-state index in [9.17, 15) is 9.59 Å². The monoisotopic (exact) mass is 212 g/mol. The van der Waals surface area contributed by atoms with Gasteiger partial charge in [-0.3, -0.25) is 9.59 Å². The molecule has 0 spiro atoms. The number of hydrogen-bond acceptors (Lipinski definition) is 4. The van der Waals surface area contributed by atoms with Crippen molar-refractivity contribution in [1.29, 1.82) is 0 Å². The summed E-state index contributed by atoms with van der Waals surface area (Å²) in [7, 11) is 0. The summed E-state index contributed by atoms with van der Waals surface area (Å²) in [5.41, 5.74) is -0.488. The summed E-state index contributed by atoms with van der Waals surface area (Å²) >= 11 is 0. The third-order valence-corrected chi connectivity index (χ3v) is 2.24. The molecule has 0 saturated heterocycles. The number of esters is 2. The molecule has 0 aliphatic carbocycles. The van der Waals surface area contributed by atoms with Crippen LogP contribution in [0.2, 0.25) is 0 Å².